The molecule has 227 valence electrons. The Hall–Kier alpha value is -1.75. The van der Waals surface area contributed by atoms with Crippen molar-refractivity contribution in [2.75, 3.05) is 0 Å². The van der Waals surface area contributed by atoms with Crippen LogP contribution in [-0.4, -0.2) is 29.1 Å². The molecule has 1 radical (unpaired) electrons. The van der Waals surface area contributed by atoms with E-state index in [4.69, 9.17) is 4.98 Å². The quantitative estimate of drug-likeness (QED) is 0.102. The smallest absolute Gasteiger partial charge is 0 e. The fourth-order valence-corrected chi connectivity index (χ4v) is 8.84. The summed E-state index contributed by atoms with van der Waals surface area (Å²) < 4.78 is 1.49. The number of benzene rings is 2. The number of fused-ring (bicyclic) bond motifs is 1. The summed E-state index contributed by atoms with van der Waals surface area (Å²) in [6.07, 6.45) is 7.02. The molecule has 41 heavy (non-hydrogen) atoms. The molecule has 1 N–H and O–H groups in total. The first kappa shape index (κ1) is 37.3. The Balaban J connectivity index is 0.000000456. The van der Waals surface area contributed by atoms with Crippen molar-refractivity contribution in [1.29, 1.82) is 0 Å². The molecule has 0 saturated heterocycles. The fourth-order valence-electron chi connectivity index (χ4n) is 5.26. The molecule has 0 amide bonds. The summed E-state index contributed by atoms with van der Waals surface area (Å²) in [4.78, 5) is 16.5. The van der Waals surface area contributed by atoms with E-state index in [0.29, 0.717) is 0 Å². The van der Waals surface area contributed by atoms with E-state index in [2.05, 4.69) is 93.6 Å². The molecule has 0 saturated carbocycles. The predicted octanol–water partition coefficient (Wildman–Crippen LogP) is 9.72. The minimum absolute atomic E-state index is 0. The van der Waals surface area contributed by atoms with Crippen molar-refractivity contribution in [3.8, 4) is 11.3 Å². The summed E-state index contributed by atoms with van der Waals surface area (Å²) in [5.74, 6) is 7.81. The van der Waals surface area contributed by atoms with Crippen LogP contribution in [0.1, 0.15) is 85.3 Å². The summed E-state index contributed by atoms with van der Waals surface area (Å²) >= 11 is -1.87. The number of pyridine rings is 1. The van der Waals surface area contributed by atoms with Crippen molar-refractivity contribution >= 4 is 34.2 Å². The molecule has 5 heteroatoms. The molecule has 3 aromatic rings. The van der Waals surface area contributed by atoms with Crippen LogP contribution in [-0.2, 0) is 30.3 Å². The van der Waals surface area contributed by atoms with Crippen molar-refractivity contribution in [3.63, 3.8) is 0 Å². The molecule has 0 spiro atoms. The number of rotatable bonds is 9. The van der Waals surface area contributed by atoms with Crippen LogP contribution in [0, 0.1) is 24.8 Å². The molecule has 1 heterocycles. The first-order chi connectivity index (χ1) is 18.7. The van der Waals surface area contributed by atoms with Gasteiger partial charge in [-0.2, -0.15) is 0 Å². The van der Waals surface area contributed by atoms with Gasteiger partial charge < -0.3 is 5.11 Å². The van der Waals surface area contributed by atoms with Crippen LogP contribution in [0.2, 0.25) is 17.3 Å². The average molecular weight is 796 g/mol. The summed E-state index contributed by atoms with van der Waals surface area (Å²) in [5.41, 5.74) is 4.94. The van der Waals surface area contributed by atoms with Gasteiger partial charge in [-0.15, -0.1) is 0 Å². The van der Waals surface area contributed by atoms with E-state index in [1.165, 1.54) is 32.4 Å². The van der Waals surface area contributed by atoms with E-state index in [1.54, 1.807) is 0 Å². The van der Waals surface area contributed by atoms with E-state index >= 15 is 0 Å². The van der Waals surface area contributed by atoms with Gasteiger partial charge in [0.15, 0.2) is 5.78 Å². The van der Waals surface area contributed by atoms with Gasteiger partial charge in [-0.25, -0.2) is 0 Å². The Kier molecular flexibility index (Phi) is 14.7. The summed E-state index contributed by atoms with van der Waals surface area (Å²) in [6.45, 7) is 17.1. The predicted molar refractivity (Wildman–Crippen MR) is 176 cm³/mol. The number of hydrogen-bond donors (Lipinski definition) is 1. The van der Waals surface area contributed by atoms with Gasteiger partial charge in [0.2, 0.25) is 0 Å². The largest absolute Gasteiger partial charge is 0 e. The van der Waals surface area contributed by atoms with Gasteiger partial charge in [0.1, 0.15) is 0 Å². The van der Waals surface area contributed by atoms with Gasteiger partial charge in [-0.3, -0.25) is 4.79 Å². The Morgan fingerprint density at radius 1 is 0.976 bits per heavy atom. The number of aliphatic hydroxyl groups excluding tert-OH is 1. The third-order valence-electron chi connectivity index (χ3n) is 7.86. The van der Waals surface area contributed by atoms with Gasteiger partial charge in [-0.05, 0) is 25.7 Å². The molecule has 0 bridgehead atoms. The zero-order valence-corrected chi connectivity index (χ0v) is 31.7. The molecular weight excluding hydrogens is 743 g/mol. The minimum Gasteiger partial charge on any atom is 0 e. The Labute approximate surface area is 266 Å². The third-order valence-corrected chi connectivity index (χ3v) is 12.3. The standard InChI is InChI=1S/C23H28GeN.C13H24O2.Ir/c1-16-12-22(25-15-21(16)24(5,6)7)18-13-17-10-8-9-11-19(17)20(14-18)23(2,3)4;1-5-10(6-2)12(14)9-13(15)11(7-3)8-4;/h8-12,14-15H,1-7H3;9-11,14H,5-8H2,1-4H3;/q-1;;/b;12-9-;. The Morgan fingerprint density at radius 2 is 1.54 bits per heavy atom. The molecule has 0 aliphatic rings. The van der Waals surface area contributed by atoms with Gasteiger partial charge in [-0.1, -0.05) is 27.7 Å². The van der Waals surface area contributed by atoms with Crippen LogP contribution in [0.3, 0.4) is 0 Å². The van der Waals surface area contributed by atoms with Crippen LogP contribution in [0.5, 0.6) is 0 Å². The zero-order valence-electron chi connectivity index (χ0n) is 27.2. The van der Waals surface area contributed by atoms with E-state index < -0.39 is 13.3 Å². The van der Waals surface area contributed by atoms with Crippen LogP contribution < -0.4 is 4.40 Å². The van der Waals surface area contributed by atoms with E-state index in [0.717, 1.165) is 36.9 Å². The second-order valence-electron chi connectivity index (χ2n) is 13.0. The second kappa shape index (κ2) is 16.2. The third kappa shape index (κ3) is 10.2. The molecule has 0 aliphatic carbocycles. The average Bonchev–Trinajstić information content (AvgIpc) is 2.88. The van der Waals surface area contributed by atoms with Crippen LogP contribution >= 0.6 is 0 Å². The van der Waals surface area contributed by atoms with Crippen molar-refractivity contribution in [3.05, 3.63) is 71.6 Å². The molecule has 2 aromatic carbocycles. The van der Waals surface area contributed by atoms with Gasteiger partial charge in [0, 0.05) is 38.0 Å². The van der Waals surface area contributed by atoms with E-state index in [1.807, 2.05) is 27.7 Å². The summed E-state index contributed by atoms with van der Waals surface area (Å²) in [7, 11) is 0. The number of nitrogens with zero attached hydrogens (tertiary/aromatic N) is 1. The molecule has 0 unspecified atom stereocenters. The van der Waals surface area contributed by atoms with Crippen molar-refractivity contribution in [2.45, 2.75) is 104 Å². The Bertz CT molecular complexity index is 1310. The molecular formula is C36H52GeIrNO2-. The van der Waals surface area contributed by atoms with Crippen molar-refractivity contribution in [1.82, 2.24) is 4.98 Å². The van der Waals surface area contributed by atoms with Crippen LogP contribution in [0.15, 0.2) is 54.4 Å². The maximum atomic E-state index is 11.7. The first-order valence-corrected chi connectivity index (χ1v) is 22.4. The monoisotopic (exact) mass is 797 g/mol. The summed E-state index contributed by atoms with van der Waals surface area (Å²) in [5, 5.41) is 12.2. The molecule has 1 aromatic heterocycles. The first-order valence-electron chi connectivity index (χ1n) is 15.0. The normalized spacial score (nSPS) is 12.3. The second-order valence-corrected chi connectivity index (χ2v) is 23.6. The van der Waals surface area contributed by atoms with E-state index in [-0.39, 0.29) is 48.9 Å². The van der Waals surface area contributed by atoms with Gasteiger partial charge >= 0.3 is 155 Å². The van der Waals surface area contributed by atoms with Crippen LogP contribution in [0.4, 0.5) is 0 Å². The maximum absolute atomic E-state index is 11.7. The topological polar surface area (TPSA) is 50.2 Å². The molecule has 0 fully saturated rings. The number of aromatic nitrogens is 1. The number of aryl methyl sites for hydroxylation is 1. The number of allylic oxidation sites excluding steroid dienone is 2. The molecule has 3 rings (SSSR count). The molecule has 0 atom stereocenters. The zero-order chi connectivity index (χ0) is 30.3. The van der Waals surface area contributed by atoms with Crippen molar-refractivity contribution < 1.29 is 30.0 Å². The SMILES string of the molecule is CCC(CC)C(=O)/C=C(\O)C(CC)CC.Cc1cc(-c2[c-]c3ccccc3c(C(C)(C)C)c2)nc[c]1[Ge]([CH3])([CH3])[CH3].[Ir]. The number of carbonyl (C=O) groups excluding carboxylic acids is 1. The Morgan fingerprint density at radius 3 is 2.02 bits per heavy atom. The molecule has 3 nitrogen and oxygen atoms in total. The summed E-state index contributed by atoms with van der Waals surface area (Å²) in [6, 6.07) is 16.7. The number of aliphatic hydroxyl groups is 1. The maximum Gasteiger partial charge on any atom is 0 e. The number of carbonyl (C=O) groups is 1. The number of ketones is 1. The fraction of sp³-hybridized carbons (Fsp3) is 0.500. The minimum atomic E-state index is -1.87. The van der Waals surface area contributed by atoms with Gasteiger partial charge in [0.25, 0.3) is 0 Å². The number of hydrogen-bond acceptors (Lipinski definition) is 3. The van der Waals surface area contributed by atoms with E-state index in [9.17, 15) is 9.90 Å². The van der Waals surface area contributed by atoms with Crippen LogP contribution in [0.25, 0.3) is 22.0 Å². The molecule has 0 aliphatic heterocycles. The van der Waals surface area contributed by atoms with Crippen molar-refractivity contribution in [2.24, 2.45) is 11.8 Å². The van der Waals surface area contributed by atoms with Gasteiger partial charge in [0.05, 0.1) is 5.76 Å².